The van der Waals surface area contributed by atoms with Crippen LogP contribution in [0.2, 0.25) is 0 Å². The number of hydrogen-bond donors (Lipinski definition) is 4. The number of nitrogens with one attached hydrogen (secondary N) is 3. The van der Waals surface area contributed by atoms with Crippen molar-refractivity contribution < 1.29 is 19.0 Å². The average molecular weight is 473 g/mol. The highest BCUT2D eigenvalue weighted by molar-refractivity contribution is 5.68. The van der Waals surface area contributed by atoms with Gasteiger partial charge in [-0.2, -0.15) is 5.10 Å². The van der Waals surface area contributed by atoms with E-state index in [0.717, 1.165) is 55.3 Å². The van der Waals surface area contributed by atoms with Gasteiger partial charge in [0.1, 0.15) is 11.9 Å². The van der Waals surface area contributed by atoms with Gasteiger partial charge >= 0.3 is 6.09 Å². The molecule has 34 heavy (non-hydrogen) atoms. The number of alkyl carbamates (subject to hydrolysis) is 1. The van der Waals surface area contributed by atoms with Gasteiger partial charge in [0.2, 0.25) is 0 Å². The molecule has 1 aromatic carbocycles. The van der Waals surface area contributed by atoms with Crippen molar-refractivity contribution in [3.63, 3.8) is 0 Å². The lowest BCUT2D eigenvalue weighted by Gasteiger charge is -2.33. The first kappa shape index (κ1) is 24.5. The molecule has 7 nitrogen and oxygen atoms in total. The molecule has 1 aromatic heterocycles. The SMILES string of the molecule is CCc1ccc(Nc2cc(C3CCC(OC(=O)NC4CCC(C)(O)CC4)C3)[nH]n2)c(F)c1CC. The molecule has 0 spiro atoms. The summed E-state index contributed by atoms with van der Waals surface area (Å²) in [5.74, 6) is 0.577. The molecule has 2 atom stereocenters. The number of aryl methyl sites for hydroxylation is 1. The second-order valence-corrected chi connectivity index (χ2v) is 10.1. The van der Waals surface area contributed by atoms with E-state index in [1.165, 1.54) is 0 Å². The molecule has 2 fully saturated rings. The Morgan fingerprint density at radius 2 is 2.00 bits per heavy atom. The molecule has 4 N–H and O–H groups in total. The van der Waals surface area contributed by atoms with E-state index in [1.54, 1.807) is 6.07 Å². The third-order valence-electron chi connectivity index (χ3n) is 7.42. The second-order valence-electron chi connectivity index (χ2n) is 10.1. The van der Waals surface area contributed by atoms with Crippen LogP contribution in [0.5, 0.6) is 0 Å². The van der Waals surface area contributed by atoms with Crippen LogP contribution in [0.15, 0.2) is 18.2 Å². The van der Waals surface area contributed by atoms with E-state index in [-0.39, 0.29) is 30.0 Å². The largest absolute Gasteiger partial charge is 0.446 e. The Labute approximate surface area is 200 Å². The van der Waals surface area contributed by atoms with Gasteiger partial charge in [-0.15, -0.1) is 0 Å². The number of ether oxygens (including phenoxy) is 1. The van der Waals surface area contributed by atoms with Crippen LogP contribution < -0.4 is 10.6 Å². The van der Waals surface area contributed by atoms with Crippen LogP contribution in [-0.4, -0.2) is 39.1 Å². The van der Waals surface area contributed by atoms with Crippen molar-refractivity contribution in [1.29, 1.82) is 0 Å². The van der Waals surface area contributed by atoms with Crippen molar-refractivity contribution in [2.24, 2.45) is 0 Å². The number of nitrogens with zero attached hydrogens (tertiary/aromatic N) is 1. The van der Waals surface area contributed by atoms with E-state index in [2.05, 4.69) is 20.8 Å². The van der Waals surface area contributed by atoms with E-state index >= 15 is 0 Å². The molecule has 2 saturated carbocycles. The molecule has 1 amide bonds. The lowest BCUT2D eigenvalue weighted by atomic mass is 9.84. The standard InChI is InChI=1S/C26H37FN4O3/c1-4-16-7-9-21(24(27)20(16)5-2)29-23-15-22(30-31-23)17-6-8-19(14-17)34-25(32)28-18-10-12-26(3,33)13-11-18/h7,9,15,17-19,33H,4-6,8,10-14H2,1-3H3,(H,28,32)(H2,29,30,31). The van der Waals surface area contributed by atoms with E-state index < -0.39 is 5.60 Å². The number of H-pyrrole nitrogens is 1. The Kier molecular flexibility index (Phi) is 7.45. The van der Waals surface area contributed by atoms with Gasteiger partial charge in [-0.05, 0) is 81.9 Å². The number of amides is 1. The van der Waals surface area contributed by atoms with Crippen LogP contribution >= 0.6 is 0 Å². The first-order valence-corrected chi connectivity index (χ1v) is 12.6. The smallest absolute Gasteiger partial charge is 0.407 e. The monoisotopic (exact) mass is 472 g/mol. The van der Waals surface area contributed by atoms with Gasteiger partial charge < -0.3 is 20.5 Å². The summed E-state index contributed by atoms with van der Waals surface area (Å²) in [5.41, 5.74) is 2.55. The molecule has 0 radical (unpaired) electrons. The number of aromatic nitrogens is 2. The summed E-state index contributed by atoms with van der Waals surface area (Å²) >= 11 is 0. The van der Waals surface area contributed by atoms with Crippen molar-refractivity contribution in [1.82, 2.24) is 15.5 Å². The Balaban J connectivity index is 1.29. The molecule has 4 rings (SSSR count). The number of carbonyl (C=O) groups excluding carboxylic acids is 1. The number of hydrogen-bond acceptors (Lipinski definition) is 5. The number of aliphatic hydroxyl groups is 1. The van der Waals surface area contributed by atoms with Gasteiger partial charge in [0.15, 0.2) is 5.82 Å². The number of halogens is 1. The van der Waals surface area contributed by atoms with Crippen LogP contribution in [0, 0.1) is 5.82 Å². The molecule has 2 aliphatic carbocycles. The van der Waals surface area contributed by atoms with Crippen molar-refractivity contribution in [2.45, 2.75) is 102 Å². The molecule has 1 heterocycles. The molecule has 2 unspecified atom stereocenters. The lowest BCUT2D eigenvalue weighted by Crippen LogP contribution is -2.43. The predicted octanol–water partition coefficient (Wildman–Crippen LogP) is 5.47. The fourth-order valence-electron chi connectivity index (χ4n) is 5.28. The van der Waals surface area contributed by atoms with Crippen LogP contribution in [0.4, 0.5) is 20.7 Å². The average Bonchev–Trinajstić information content (AvgIpc) is 3.46. The zero-order chi connectivity index (χ0) is 24.3. The maximum Gasteiger partial charge on any atom is 0.407 e. The molecule has 2 aromatic rings. The minimum absolute atomic E-state index is 0.0613. The van der Waals surface area contributed by atoms with E-state index in [9.17, 15) is 14.3 Å². The minimum Gasteiger partial charge on any atom is -0.446 e. The summed E-state index contributed by atoms with van der Waals surface area (Å²) in [4.78, 5) is 12.3. The highest BCUT2D eigenvalue weighted by Gasteiger charge is 2.32. The molecular formula is C26H37FN4O3. The first-order chi connectivity index (χ1) is 16.3. The summed E-state index contributed by atoms with van der Waals surface area (Å²) in [7, 11) is 0. The summed E-state index contributed by atoms with van der Waals surface area (Å²) in [5, 5.41) is 23.5. The fraction of sp³-hybridized carbons (Fsp3) is 0.615. The maximum absolute atomic E-state index is 14.9. The molecular weight excluding hydrogens is 435 g/mol. The summed E-state index contributed by atoms with van der Waals surface area (Å²) in [6, 6.07) is 5.72. The van der Waals surface area contributed by atoms with Crippen molar-refractivity contribution in [2.75, 3.05) is 5.32 Å². The third kappa shape index (κ3) is 5.71. The van der Waals surface area contributed by atoms with Gasteiger partial charge in [-0.25, -0.2) is 9.18 Å². The molecule has 2 aliphatic rings. The maximum atomic E-state index is 14.9. The molecule has 0 aliphatic heterocycles. The van der Waals surface area contributed by atoms with Gasteiger partial charge in [0.25, 0.3) is 0 Å². The van der Waals surface area contributed by atoms with Crippen molar-refractivity contribution in [3.05, 3.63) is 40.8 Å². The number of rotatable bonds is 7. The van der Waals surface area contributed by atoms with Gasteiger partial charge in [-0.1, -0.05) is 19.9 Å². The normalized spacial score (nSPS) is 26.9. The highest BCUT2D eigenvalue weighted by Crippen LogP contribution is 2.36. The van der Waals surface area contributed by atoms with Gasteiger partial charge in [0.05, 0.1) is 11.3 Å². The molecule has 8 heteroatoms. The van der Waals surface area contributed by atoms with Crippen LogP contribution in [0.1, 0.15) is 88.5 Å². The number of benzene rings is 1. The molecule has 0 bridgehead atoms. The van der Waals surface area contributed by atoms with E-state index in [4.69, 9.17) is 4.74 Å². The first-order valence-electron chi connectivity index (χ1n) is 12.6. The molecule has 0 saturated heterocycles. The number of carbonyl (C=O) groups is 1. The van der Waals surface area contributed by atoms with Crippen molar-refractivity contribution in [3.8, 4) is 0 Å². The Hall–Kier alpha value is -2.61. The number of anilines is 2. The fourth-order valence-corrected chi connectivity index (χ4v) is 5.28. The number of aromatic amines is 1. The lowest BCUT2D eigenvalue weighted by molar-refractivity contribution is 0.0126. The topological polar surface area (TPSA) is 99.3 Å². The Morgan fingerprint density at radius 3 is 2.71 bits per heavy atom. The van der Waals surface area contributed by atoms with Gasteiger partial charge in [-0.3, -0.25) is 5.10 Å². The minimum atomic E-state index is -0.623. The Bertz CT molecular complexity index is 996. The predicted molar refractivity (Wildman–Crippen MR) is 130 cm³/mol. The highest BCUT2D eigenvalue weighted by atomic mass is 19.1. The molecule has 186 valence electrons. The van der Waals surface area contributed by atoms with Crippen LogP contribution in [0.25, 0.3) is 0 Å². The summed E-state index contributed by atoms with van der Waals surface area (Å²) in [6.07, 6.45) is 6.27. The van der Waals surface area contributed by atoms with Crippen molar-refractivity contribution >= 4 is 17.6 Å². The van der Waals surface area contributed by atoms with Crippen LogP contribution in [-0.2, 0) is 17.6 Å². The van der Waals surface area contributed by atoms with Crippen LogP contribution in [0.3, 0.4) is 0 Å². The Morgan fingerprint density at radius 1 is 1.24 bits per heavy atom. The van der Waals surface area contributed by atoms with E-state index in [0.29, 0.717) is 30.8 Å². The van der Waals surface area contributed by atoms with Gasteiger partial charge in [0, 0.05) is 23.7 Å². The quantitative estimate of drug-likeness (QED) is 0.428. The zero-order valence-corrected chi connectivity index (χ0v) is 20.4. The summed E-state index contributed by atoms with van der Waals surface area (Å²) < 4.78 is 20.6. The third-order valence-corrected chi connectivity index (χ3v) is 7.42. The van der Waals surface area contributed by atoms with E-state index in [1.807, 2.05) is 32.9 Å². The second kappa shape index (κ2) is 10.3. The summed E-state index contributed by atoms with van der Waals surface area (Å²) in [6.45, 7) is 5.84. The zero-order valence-electron chi connectivity index (χ0n) is 20.4.